The average Bonchev–Trinajstić information content (AvgIpc) is 2.91. The molecule has 9 nitrogen and oxygen atoms in total. The number of imide groups is 1. The summed E-state index contributed by atoms with van der Waals surface area (Å²) in [5.41, 5.74) is 0.606. The van der Waals surface area contributed by atoms with Crippen LogP contribution in [-0.2, 0) is 9.59 Å². The standard InChI is InChI=1S/C18H13FN4O5/c19-12-3-1-11(2-4-12)9-15-17(25)22(18(26)21-15)10-16(24)20-13-5-7-14(8-6-13)23(27)28/h1-9H,10H2,(H,20,24)(H,21,26)/b15-9+. The topological polar surface area (TPSA) is 122 Å². The van der Waals surface area contributed by atoms with Crippen molar-refractivity contribution in [2.45, 2.75) is 0 Å². The lowest BCUT2D eigenvalue weighted by molar-refractivity contribution is -0.384. The minimum absolute atomic E-state index is 0.0419. The third-order valence-electron chi connectivity index (χ3n) is 3.81. The van der Waals surface area contributed by atoms with E-state index in [1.54, 1.807) is 0 Å². The van der Waals surface area contributed by atoms with Gasteiger partial charge in [-0.05, 0) is 35.9 Å². The maximum absolute atomic E-state index is 12.9. The Morgan fingerprint density at radius 2 is 1.79 bits per heavy atom. The van der Waals surface area contributed by atoms with Gasteiger partial charge in [-0.3, -0.25) is 19.7 Å². The number of hydrogen-bond acceptors (Lipinski definition) is 5. The third kappa shape index (κ3) is 4.18. The van der Waals surface area contributed by atoms with E-state index in [1.165, 1.54) is 54.6 Å². The molecule has 0 saturated carbocycles. The zero-order valence-electron chi connectivity index (χ0n) is 14.2. The molecule has 4 amide bonds. The molecule has 2 aromatic rings. The smallest absolute Gasteiger partial charge is 0.325 e. The van der Waals surface area contributed by atoms with Crippen molar-refractivity contribution in [3.8, 4) is 0 Å². The van der Waals surface area contributed by atoms with Crippen LogP contribution in [0.1, 0.15) is 5.56 Å². The number of carbonyl (C=O) groups is 3. The number of halogens is 1. The summed E-state index contributed by atoms with van der Waals surface area (Å²) in [5, 5.41) is 15.4. The number of non-ortho nitro benzene ring substituents is 1. The molecule has 1 fully saturated rings. The number of benzene rings is 2. The normalized spacial score (nSPS) is 14.9. The highest BCUT2D eigenvalue weighted by Gasteiger charge is 2.34. The van der Waals surface area contributed by atoms with Crippen molar-refractivity contribution in [3.05, 3.63) is 75.7 Å². The Balaban J connectivity index is 1.65. The van der Waals surface area contributed by atoms with Crippen LogP contribution in [0.5, 0.6) is 0 Å². The van der Waals surface area contributed by atoms with Gasteiger partial charge >= 0.3 is 6.03 Å². The van der Waals surface area contributed by atoms with Crippen LogP contribution in [-0.4, -0.2) is 34.2 Å². The molecule has 28 heavy (non-hydrogen) atoms. The van der Waals surface area contributed by atoms with Gasteiger partial charge in [-0.1, -0.05) is 12.1 Å². The van der Waals surface area contributed by atoms with E-state index in [2.05, 4.69) is 10.6 Å². The van der Waals surface area contributed by atoms with Gasteiger partial charge in [0.2, 0.25) is 5.91 Å². The SMILES string of the molecule is O=C(CN1C(=O)N/C(=C/c2ccc(F)cc2)C1=O)Nc1ccc([N+](=O)[O-])cc1. The van der Waals surface area contributed by atoms with Gasteiger partial charge in [0.1, 0.15) is 18.1 Å². The van der Waals surface area contributed by atoms with Crippen LogP contribution in [0.15, 0.2) is 54.2 Å². The molecule has 3 rings (SSSR count). The molecule has 1 saturated heterocycles. The Labute approximate surface area is 157 Å². The summed E-state index contributed by atoms with van der Waals surface area (Å²) < 4.78 is 12.9. The van der Waals surface area contributed by atoms with E-state index in [0.717, 1.165) is 4.90 Å². The lowest BCUT2D eigenvalue weighted by Crippen LogP contribution is -2.38. The van der Waals surface area contributed by atoms with Crippen LogP contribution >= 0.6 is 0 Å². The fraction of sp³-hybridized carbons (Fsp3) is 0.0556. The van der Waals surface area contributed by atoms with E-state index in [1.807, 2.05) is 0 Å². The quantitative estimate of drug-likeness (QED) is 0.354. The lowest BCUT2D eigenvalue weighted by atomic mass is 10.2. The summed E-state index contributed by atoms with van der Waals surface area (Å²) in [7, 11) is 0. The number of nitro benzene ring substituents is 1. The van der Waals surface area contributed by atoms with Crippen LogP contribution in [0.25, 0.3) is 6.08 Å². The zero-order valence-corrected chi connectivity index (χ0v) is 14.2. The first-order valence-electron chi connectivity index (χ1n) is 7.98. The van der Waals surface area contributed by atoms with Gasteiger partial charge in [-0.2, -0.15) is 0 Å². The summed E-state index contributed by atoms with van der Waals surface area (Å²) in [6.45, 7) is -0.539. The number of hydrogen-bond donors (Lipinski definition) is 2. The highest BCUT2D eigenvalue weighted by Crippen LogP contribution is 2.17. The largest absolute Gasteiger partial charge is 0.329 e. The molecule has 0 aromatic heterocycles. The van der Waals surface area contributed by atoms with E-state index < -0.39 is 35.1 Å². The predicted octanol–water partition coefficient (Wildman–Crippen LogP) is 2.27. The molecule has 0 atom stereocenters. The maximum Gasteiger partial charge on any atom is 0.329 e. The molecule has 142 valence electrons. The highest BCUT2D eigenvalue weighted by atomic mass is 19.1. The second-order valence-electron chi connectivity index (χ2n) is 5.78. The van der Waals surface area contributed by atoms with Gasteiger partial charge in [0.05, 0.1) is 4.92 Å². The van der Waals surface area contributed by atoms with E-state index in [-0.39, 0.29) is 17.1 Å². The van der Waals surface area contributed by atoms with Gasteiger partial charge in [-0.25, -0.2) is 14.1 Å². The highest BCUT2D eigenvalue weighted by molar-refractivity contribution is 6.15. The van der Waals surface area contributed by atoms with Crippen molar-refractivity contribution in [2.24, 2.45) is 0 Å². The Kier molecular flexibility index (Phi) is 5.12. The first kappa shape index (κ1) is 18.7. The number of rotatable bonds is 5. The summed E-state index contributed by atoms with van der Waals surface area (Å²) >= 11 is 0. The molecule has 0 bridgehead atoms. The van der Waals surface area contributed by atoms with E-state index in [0.29, 0.717) is 5.56 Å². The van der Waals surface area contributed by atoms with E-state index >= 15 is 0 Å². The van der Waals surface area contributed by atoms with Gasteiger partial charge in [0.15, 0.2) is 0 Å². The molecule has 0 aliphatic carbocycles. The molecule has 2 N–H and O–H groups in total. The fourth-order valence-corrected chi connectivity index (χ4v) is 2.45. The lowest BCUT2D eigenvalue weighted by Gasteiger charge is -2.11. The number of carbonyl (C=O) groups excluding carboxylic acids is 3. The first-order valence-corrected chi connectivity index (χ1v) is 7.98. The van der Waals surface area contributed by atoms with Gasteiger partial charge < -0.3 is 10.6 Å². The van der Waals surface area contributed by atoms with Gasteiger partial charge in [0, 0.05) is 17.8 Å². The molecule has 1 aliphatic rings. The summed E-state index contributed by atoms with van der Waals surface area (Å²) in [5.74, 6) is -1.79. The number of urea groups is 1. The van der Waals surface area contributed by atoms with Crippen LogP contribution in [0, 0.1) is 15.9 Å². The van der Waals surface area contributed by atoms with Crippen LogP contribution in [0.4, 0.5) is 20.6 Å². The first-order chi connectivity index (χ1) is 13.3. The van der Waals surface area contributed by atoms with Crippen LogP contribution in [0.3, 0.4) is 0 Å². The zero-order chi connectivity index (χ0) is 20.3. The van der Waals surface area contributed by atoms with E-state index in [9.17, 15) is 28.9 Å². The molecule has 1 heterocycles. The van der Waals surface area contributed by atoms with Crippen molar-refractivity contribution in [2.75, 3.05) is 11.9 Å². The van der Waals surface area contributed by atoms with Crippen molar-refractivity contribution < 1.29 is 23.7 Å². The molecule has 1 aliphatic heterocycles. The van der Waals surface area contributed by atoms with E-state index in [4.69, 9.17) is 0 Å². The Morgan fingerprint density at radius 1 is 1.14 bits per heavy atom. The molecular weight excluding hydrogens is 371 g/mol. The molecular formula is C18H13FN4O5. The van der Waals surface area contributed by atoms with Crippen molar-refractivity contribution in [3.63, 3.8) is 0 Å². The third-order valence-corrected chi connectivity index (χ3v) is 3.81. The number of anilines is 1. The minimum Gasteiger partial charge on any atom is -0.325 e. The molecule has 2 aromatic carbocycles. The monoisotopic (exact) mass is 384 g/mol. The second kappa shape index (κ2) is 7.66. The second-order valence-corrected chi connectivity index (χ2v) is 5.78. The van der Waals surface area contributed by atoms with Crippen LogP contribution < -0.4 is 10.6 Å². The Bertz CT molecular complexity index is 986. The minimum atomic E-state index is -0.766. The number of amides is 4. The molecule has 0 radical (unpaired) electrons. The molecule has 0 unspecified atom stereocenters. The Hall–Kier alpha value is -4.08. The molecule has 0 spiro atoms. The summed E-state index contributed by atoms with van der Waals surface area (Å²) in [6.07, 6.45) is 1.37. The van der Waals surface area contributed by atoms with Crippen molar-refractivity contribution in [1.29, 1.82) is 0 Å². The average molecular weight is 384 g/mol. The fourth-order valence-electron chi connectivity index (χ4n) is 2.45. The van der Waals surface area contributed by atoms with Crippen molar-refractivity contribution in [1.82, 2.24) is 10.2 Å². The molecule has 10 heteroatoms. The van der Waals surface area contributed by atoms with Gasteiger partial charge in [0.25, 0.3) is 11.6 Å². The Morgan fingerprint density at radius 3 is 2.39 bits per heavy atom. The maximum atomic E-state index is 12.9. The van der Waals surface area contributed by atoms with Gasteiger partial charge in [-0.15, -0.1) is 0 Å². The summed E-state index contributed by atoms with van der Waals surface area (Å²) in [6, 6.07) is 9.63. The number of nitrogens with zero attached hydrogens (tertiary/aromatic N) is 2. The number of nitrogens with one attached hydrogen (secondary N) is 2. The van der Waals surface area contributed by atoms with Crippen LogP contribution in [0.2, 0.25) is 0 Å². The predicted molar refractivity (Wildman–Crippen MR) is 96.3 cm³/mol. The van der Waals surface area contributed by atoms with Crippen molar-refractivity contribution >= 4 is 35.3 Å². The summed E-state index contributed by atoms with van der Waals surface area (Å²) in [4.78, 5) is 47.2. The number of nitro groups is 1.